The van der Waals surface area contributed by atoms with Gasteiger partial charge in [0.15, 0.2) is 16.8 Å². The monoisotopic (exact) mass is 523 g/mol. The van der Waals surface area contributed by atoms with Gasteiger partial charge in [0, 0.05) is 23.2 Å². The highest BCUT2D eigenvalue weighted by atomic mass is 79.9. The second-order valence-electron chi connectivity index (χ2n) is 6.99. The number of halogens is 3. The number of rotatable bonds is 7. The van der Waals surface area contributed by atoms with Crippen LogP contribution >= 0.6 is 27.7 Å². The maximum Gasteiger partial charge on any atom is 0.252 e. The number of amides is 2. The molecule has 0 spiro atoms. The quantitative estimate of drug-likeness (QED) is 0.448. The number of aryl methyl sites for hydroxylation is 1. The summed E-state index contributed by atoms with van der Waals surface area (Å²) < 4.78 is 28.9. The van der Waals surface area contributed by atoms with Crippen LogP contribution in [0.2, 0.25) is 0 Å². The largest absolute Gasteiger partial charge is 0.342 e. The van der Waals surface area contributed by atoms with Gasteiger partial charge in [0.1, 0.15) is 5.82 Å². The predicted molar refractivity (Wildman–Crippen MR) is 121 cm³/mol. The van der Waals surface area contributed by atoms with E-state index in [0.29, 0.717) is 22.6 Å². The standard InChI is InChI=1S/C21H20BrF2N5O2S/c1-11-6-4-5-7-14(11)20(31)25-12(2)19-27-28-21(29(19)3)32-10-17(30)26-18-15(22)8-13(23)9-16(18)24/h4-9,12H,10H2,1-3H3,(H,25,31)(H,26,30)/t12-/m0/s1. The van der Waals surface area contributed by atoms with E-state index < -0.39 is 23.6 Å². The van der Waals surface area contributed by atoms with Gasteiger partial charge in [0.05, 0.1) is 17.5 Å². The Kier molecular flexibility index (Phi) is 7.62. The fraction of sp³-hybridized carbons (Fsp3) is 0.238. The van der Waals surface area contributed by atoms with E-state index in [2.05, 4.69) is 36.8 Å². The van der Waals surface area contributed by atoms with Crippen LogP contribution < -0.4 is 10.6 Å². The van der Waals surface area contributed by atoms with Gasteiger partial charge in [-0.15, -0.1) is 10.2 Å². The molecule has 0 radical (unpaired) electrons. The van der Waals surface area contributed by atoms with Gasteiger partial charge in [0.2, 0.25) is 5.91 Å². The molecule has 1 heterocycles. The van der Waals surface area contributed by atoms with Gasteiger partial charge in [-0.2, -0.15) is 0 Å². The molecule has 3 aromatic rings. The minimum absolute atomic E-state index is 0.0703. The lowest BCUT2D eigenvalue weighted by molar-refractivity contribution is -0.113. The minimum atomic E-state index is -0.880. The molecule has 0 aliphatic carbocycles. The van der Waals surface area contributed by atoms with Gasteiger partial charge in [-0.05, 0) is 47.5 Å². The number of carbonyl (C=O) groups is 2. The third kappa shape index (κ3) is 5.52. The Labute approximate surface area is 196 Å². The molecule has 1 aromatic heterocycles. The molecule has 0 saturated heterocycles. The van der Waals surface area contributed by atoms with Crippen LogP contribution in [0.15, 0.2) is 46.0 Å². The summed E-state index contributed by atoms with van der Waals surface area (Å²) in [4.78, 5) is 24.8. The Hall–Kier alpha value is -2.79. The molecule has 2 aromatic carbocycles. The van der Waals surface area contributed by atoms with E-state index in [1.807, 2.05) is 19.1 Å². The molecule has 0 aliphatic heterocycles. The highest BCUT2D eigenvalue weighted by Crippen LogP contribution is 2.27. The van der Waals surface area contributed by atoms with Crippen LogP contribution in [0.5, 0.6) is 0 Å². The number of hydrogen-bond donors (Lipinski definition) is 2. The van der Waals surface area contributed by atoms with Crippen molar-refractivity contribution in [2.24, 2.45) is 7.05 Å². The molecular formula is C21H20BrF2N5O2S. The molecule has 32 heavy (non-hydrogen) atoms. The number of carbonyl (C=O) groups excluding carboxylic acids is 2. The summed E-state index contributed by atoms with van der Waals surface area (Å²) in [7, 11) is 1.72. The zero-order valence-corrected chi connectivity index (χ0v) is 19.9. The van der Waals surface area contributed by atoms with E-state index in [1.165, 1.54) is 0 Å². The van der Waals surface area contributed by atoms with Gasteiger partial charge in [0.25, 0.3) is 5.91 Å². The smallest absolute Gasteiger partial charge is 0.252 e. The maximum absolute atomic E-state index is 13.9. The van der Waals surface area contributed by atoms with Crippen molar-refractivity contribution in [1.29, 1.82) is 0 Å². The number of thioether (sulfide) groups is 1. The molecule has 0 saturated carbocycles. The summed E-state index contributed by atoms with van der Waals surface area (Å²) >= 11 is 4.13. The van der Waals surface area contributed by atoms with Crippen LogP contribution in [0.3, 0.4) is 0 Å². The van der Waals surface area contributed by atoms with E-state index in [1.54, 1.807) is 30.7 Å². The number of aromatic nitrogens is 3. The third-order valence-electron chi connectivity index (χ3n) is 4.60. The Morgan fingerprint density at radius 1 is 1.22 bits per heavy atom. The maximum atomic E-state index is 13.9. The Morgan fingerprint density at radius 3 is 2.62 bits per heavy atom. The van der Waals surface area contributed by atoms with Crippen LogP contribution in [-0.2, 0) is 11.8 Å². The lowest BCUT2D eigenvalue weighted by atomic mass is 10.1. The first-order valence-corrected chi connectivity index (χ1v) is 11.3. The SMILES string of the molecule is Cc1ccccc1C(=O)N[C@@H](C)c1nnc(SCC(=O)Nc2c(F)cc(F)cc2Br)n1C. The zero-order chi connectivity index (χ0) is 23.4. The molecule has 2 amide bonds. The number of nitrogens with one attached hydrogen (secondary N) is 2. The average molecular weight is 524 g/mol. The van der Waals surface area contributed by atoms with Crippen molar-refractivity contribution in [2.45, 2.75) is 25.0 Å². The number of benzene rings is 2. The van der Waals surface area contributed by atoms with Gasteiger partial charge in [-0.3, -0.25) is 9.59 Å². The first-order valence-electron chi connectivity index (χ1n) is 9.50. The van der Waals surface area contributed by atoms with E-state index in [9.17, 15) is 18.4 Å². The molecule has 1 atom stereocenters. The van der Waals surface area contributed by atoms with E-state index in [0.717, 1.165) is 23.4 Å². The van der Waals surface area contributed by atoms with Crippen molar-refractivity contribution in [3.8, 4) is 0 Å². The minimum Gasteiger partial charge on any atom is -0.342 e. The van der Waals surface area contributed by atoms with Crippen LogP contribution in [0.4, 0.5) is 14.5 Å². The van der Waals surface area contributed by atoms with E-state index >= 15 is 0 Å². The summed E-state index contributed by atoms with van der Waals surface area (Å²) in [5.41, 5.74) is 1.30. The number of nitrogens with zero attached hydrogens (tertiary/aromatic N) is 3. The van der Waals surface area contributed by atoms with Crippen LogP contribution in [0.1, 0.15) is 34.7 Å². The second-order valence-corrected chi connectivity index (χ2v) is 8.79. The van der Waals surface area contributed by atoms with Crippen molar-refractivity contribution < 1.29 is 18.4 Å². The van der Waals surface area contributed by atoms with Crippen molar-refractivity contribution in [3.05, 3.63) is 69.5 Å². The molecule has 11 heteroatoms. The summed E-state index contributed by atoms with van der Waals surface area (Å²) in [6, 6.07) is 8.59. The summed E-state index contributed by atoms with van der Waals surface area (Å²) in [5, 5.41) is 13.9. The fourth-order valence-electron chi connectivity index (χ4n) is 2.96. The molecule has 7 nitrogen and oxygen atoms in total. The lowest BCUT2D eigenvalue weighted by Gasteiger charge is -2.14. The van der Waals surface area contributed by atoms with Crippen molar-refractivity contribution in [3.63, 3.8) is 0 Å². The van der Waals surface area contributed by atoms with Gasteiger partial charge in [-0.1, -0.05) is 30.0 Å². The van der Waals surface area contributed by atoms with E-state index in [-0.39, 0.29) is 21.8 Å². The van der Waals surface area contributed by atoms with E-state index in [4.69, 9.17) is 0 Å². The molecule has 168 valence electrons. The fourth-order valence-corrected chi connectivity index (χ4v) is 4.19. The van der Waals surface area contributed by atoms with Crippen LogP contribution in [-0.4, -0.2) is 32.3 Å². The predicted octanol–water partition coefficient (Wildman–Crippen LogP) is 4.39. The summed E-state index contributed by atoms with van der Waals surface area (Å²) in [6.45, 7) is 3.65. The molecule has 3 rings (SSSR count). The molecule has 0 unspecified atom stereocenters. The Bertz CT molecular complexity index is 1150. The third-order valence-corrected chi connectivity index (χ3v) is 6.24. The molecule has 0 fully saturated rings. The normalized spacial score (nSPS) is 11.8. The summed E-state index contributed by atoms with van der Waals surface area (Å²) in [6.07, 6.45) is 0. The number of hydrogen-bond acceptors (Lipinski definition) is 5. The number of anilines is 1. The molecule has 0 aliphatic rings. The van der Waals surface area contributed by atoms with Crippen molar-refractivity contribution in [1.82, 2.24) is 20.1 Å². The molecular weight excluding hydrogens is 504 g/mol. The average Bonchev–Trinajstić information content (AvgIpc) is 3.09. The van der Waals surface area contributed by atoms with Crippen LogP contribution in [0.25, 0.3) is 0 Å². The van der Waals surface area contributed by atoms with Gasteiger partial charge >= 0.3 is 0 Å². The first-order chi connectivity index (χ1) is 15.2. The second kappa shape index (κ2) is 10.2. The summed E-state index contributed by atoms with van der Waals surface area (Å²) in [5.74, 6) is -1.90. The highest BCUT2D eigenvalue weighted by molar-refractivity contribution is 9.10. The van der Waals surface area contributed by atoms with Crippen molar-refractivity contribution >= 4 is 45.2 Å². The molecule has 2 N–H and O–H groups in total. The topological polar surface area (TPSA) is 88.9 Å². The Balaban J connectivity index is 1.61. The lowest BCUT2D eigenvalue weighted by Crippen LogP contribution is -2.29. The first kappa shape index (κ1) is 23.9. The molecule has 0 bridgehead atoms. The Morgan fingerprint density at radius 2 is 1.94 bits per heavy atom. The highest BCUT2D eigenvalue weighted by Gasteiger charge is 2.20. The van der Waals surface area contributed by atoms with Gasteiger partial charge in [-0.25, -0.2) is 8.78 Å². The van der Waals surface area contributed by atoms with Gasteiger partial charge < -0.3 is 15.2 Å². The van der Waals surface area contributed by atoms with Crippen molar-refractivity contribution in [2.75, 3.05) is 11.1 Å². The van der Waals surface area contributed by atoms with Crippen LogP contribution in [0, 0.1) is 18.6 Å². The zero-order valence-electron chi connectivity index (χ0n) is 17.4.